The molecule has 0 saturated carbocycles. The van der Waals surface area contributed by atoms with Crippen molar-refractivity contribution in [3.63, 3.8) is 0 Å². The van der Waals surface area contributed by atoms with Gasteiger partial charge in [0.2, 0.25) is 5.91 Å². The molecule has 1 aromatic heterocycles. The number of nitrogens with one attached hydrogen (secondary N) is 1. The number of carbonyl (C=O) groups excluding carboxylic acids is 1. The smallest absolute Gasteiger partial charge is 0.239 e. The summed E-state index contributed by atoms with van der Waals surface area (Å²) in [5, 5.41) is 3.48. The van der Waals surface area contributed by atoms with Crippen molar-refractivity contribution < 1.29 is 4.79 Å². The predicted molar refractivity (Wildman–Crippen MR) is 75.2 cm³/mol. The van der Waals surface area contributed by atoms with E-state index in [1.807, 2.05) is 13.8 Å². The number of carbonyl (C=O) groups is 1. The molecule has 1 amide bonds. The molecule has 1 atom stereocenters. The Morgan fingerprint density at radius 1 is 1.41 bits per heavy atom. The van der Waals surface area contributed by atoms with Crippen LogP contribution in [0.15, 0.2) is 6.07 Å². The summed E-state index contributed by atoms with van der Waals surface area (Å²) in [6.07, 6.45) is 0. The molecule has 3 nitrogen and oxygen atoms in total. The van der Waals surface area contributed by atoms with E-state index in [2.05, 4.69) is 26.2 Å². The first-order valence-corrected chi connectivity index (χ1v) is 6.77. The second kappa shape index (κ2) is 6.03. The number of rotatable bonds is 3. The molecular weight excluding hydrogens is 327 g/mol. The fraction of sp³-hybridized carbons (Fsp3) is 0.455. The number of anilines is 1. The monoisotopic (exact) mass is 338 g/mol. The molecule has 1 aromatic rings. The van der Waals surface area contributed by atoms with Crippen molar-refractivity contribution in [2.75, 3.05) is 5.32 Å². The van der Waals surface area contributed by atoms with Gasteiger partial charge in [-0.25, -0.2) is 4.98 Å². The summed E-state index contributed by atoms with van der Waals surface area (Å²) in [5.41, 5.74) is 0.627. The summed E-state index contributed by atoms with van der Waals surface area (Å²) in [6, 6.07) is 1.57. The van der Waals surface area contributed by atoms with Gasteiger partial charge < -0.3 is 5.32 Å². The van der Waals surface area contributed by atoms with Gasteiger partial charge >= 0.3 is 0 Å². The predicted octanol–water partition coefficient (Wildman–Crippen LogP) is 4.05. The third-order valence-electron chi connectivity index (χ3n) is 2.18. The van der Waals surface area contributed by atoms with Crippen LogP contribution in [0.1, 0.15) is 19.5 Å². The molecule has 0 aliphatic rings. The minimum Gasteiger partial charge on any atom is -0.308 e. The molecule has 0 aliphatic heterocycles. The second-order valence-electron chi connectivity index (χ2n) is 4.02. The van der Waals surface area contributed by atoms with Gasteiger partial charge in [0.25, 0.3) is 0 Å². The van der Waals surface area contributed by atoms with E-state index in [-0.39, 0.29) is 16.7 Å². The summed E-state index contributed by atoms with van der Waals surface area (Å²) in [4.78, 5) is 15.7. The van der Waals surface area contributed by atoms with E-state index in [4.69, 9.17) is 23.2 Å². The lowest BCUT2D eigenvalue weighted by Crippen LogP contribution is -2.27. The van der Waals surface area contributed by atoms with Gasteiger partial charge in [0, 0.05) is 0 Å². The molecule has 0 radical (unpaired) electrons. The van der Waals surface area contributed by atoms with Crippen LogP contribution in [-0.4, -0.2) is 15.7 Å². The zero-order valence-corrected chi connectivity index (χ0v) is 12.8. The van der Waals surface area contributed by atoms with Crippen molar-refractivity contribution in [2.45, 2.75) is 25.6 Å². The lowest BCUT2D eigenvalue weighted by atomic mass is 10.1. The van der Waals surface area contributed by atoms with Crippen LogP contribution in [0.2, 0.25) is 10.0 Å². The maximum Gasteiger partial charge on any atom is 0.239 e. The zero-order chi connectivity index (χ0) is 13.2. The van der Waals surface area contributed by atoms with Crippen molar-refractivity contribution in [3.05, 3.63) is 21.8 Å². The van der Waals surface area contributed by atoms with E-state index in [1.165, 1.54) is 0 Å². The molecule has 1 N–H and O–H groups in total. The number of nitrogens with zero attached hydrogens (tertiary/aromatic N) is 1. The van der Waals surface area contributed by atoms with E-state index in [9.17, 15) is 4.79 Å². The number of hydrogen-bond donors (Lipinski definition) is 1. The number of amides is 1. The largest absolute Gasteiger partial charge is 0.308 e. The van der Waals surface area contributed by atoms with E-state index in [1.54, 1.807) is 13.0 Å². The highest BCUT2D eigenvalue weighted by molar-refractivity contribution is 9.10. The highest BCUT2D eigenvalue weighted by Crippen LogP contribution is 2.26. The Kier molecular flexibility index (Phi) is 5.22. The molecule has 1 heterocycles. The third kappa shape index (κ3) is 3.83. The number of aryl methyl sites for hydroxylation is 1. The van der Waals surface area contributed by atoms with E-state index in [0.717, 1.165) is 0 Å². The second-order valence-corrected chi connectivity index (χ2v) is 5.82. The molecule has 0 aromatic carbocycles. The van der Waals surface area contributed by atoms with Gasteiger partial charge in [0.05, 0.1) is 20.6 Å². The minimum atomic E-state index is -0.281. The van der Waals surface area contributed by atoms with Crippen LogP contribution in [0.4, 0.5) is 5.82 Å². The SMILES string of the molecule is Cc1nc(NC(=O)C(Br)C(C)C)c(Cl)cc1Cl. The normalized spacial score (nSPS) is 12.6. The van der Waals surface area contributed by atoms with Crippen LogP contribution in [0.25, 0.3) is 0 Å². The molecule has 0 aliphatic carbocycles. The maximum absolute atomic E-state index is 11.8. The number of alkyl halides is 1. The minimum absolute atomic E-state index is 0.170. The maximum atomic E-state index is 11.8. The third-order valence-corrected chi connectivity index (χ3v) is 4.33. The van der Waals surface area contributed by atoms with E-state index in [0.29, 0.717) is 21.6 Å². The lowest BCUT2D eigenvalue weighted by Gasteiger charge is -2.14. The summed E-state index contributed by atoms with van der Waals surface area (Å²) in [7, 11) is 0. The highest BCUT2D eigenvalue weighted by Gasteiger charge is 2.20. The van der Waals surface area contributed by atoms with Gasteiger partial charge in [-0.15, -0.1) is 0 Å². The van der Waals surface area contributed by atoms with E-state index < -0.39 is 0 Å². The summed E-state index contributed by atoms with van der Waals surface area (Å²) >= 11 is 15.1. The van der Waals surface area contributed by atoms with Gasteiger partial charge in [0.1, 0.15) is 0 Å². The van der Waals surface area contributed by atoms with Gasteiger partial charge in [0.15, 0.2) is 5.82 Å². The average molecular weight is 340 g/mol. The molecule has 94 valence electrons. The van der Waals surface area contributed by atoms with Crippen molar-refractivity contribution in [3.8, 4) is 0 Å². The number of pyridine rings is 1. The van der Waals surface area contributed by atoms with Crippen molar-refractivity contribution in [1.29, 1.82) is 0 Å². The Labute approximate surface area is 119 Å². The van der Waals surface area contributed by atoms with Crippen LogP contribution in [0.3, 0.4) is 0 Å². The van der Waals surface area contributed by atoms with Crippen molar-refractivity contribution in [1.82, 2.24) is 4.98 Å². The van der Waals surface area contributed by atoms with Crippen LogP contribution in [-0.2, 0) is 4.79 Å². The Balaban J connectivity index is 2.89. The molecule has 6 heteroatoms. The van der Waals surface area contributed by atoms with Gasteiger partial charge in [-0.05, 0) is 18.9 Å². The van der Waals surface area contributed by atoms with Crippen LogP contribution in [0, 0.1) is 12.8 Å². The molecule has 0 fully saturated rings. The highest BCUT2D eigenvalue weighted by atomic mass is 79.9. The topological polar surface area (TPSA) is 42.0 Å². The molecule has 0 spiro atoms. The molecular formula is C11H13BrCl2N2O. The number of hydrogen-bond acceptors (Lipinski definition) is 2. The van der Waals surface area contributed by atoms with Crippen LogP contribution in [0.5, 0.6) is 0 Å². The van der Waals surface area contributed by atoms with Gasteiger partial charge in [-0.3, -0.25) is 4.79 Å². The summed E-state index contributed by atoms with van der Waals surface area (Å²) in [5.74, 6) is 0.349. The Bertz CT molecular complexity index is 438. The van der Waals surface area contributed by atoms with Gasteiger partial charge in [-0.1, -0.05) is 53.0 Å². The Morgan fingerprint density at radius 3 is 2.53 bits per heavy atom. The van der Waals surface area contributed by atoms with Gasteiger partial charge in [-0.2, -0.15) is 0 Å². The summed E-state index contributed by atoms with van der Waals surface area (Å²) < 4.78 is 0. The van der Waals surface area contributed by atoms with Crippen LogP contribution >= 0.6 is 39.1 Å². The number of halogens is 3. The Hall–Kier alpha value is -0.320. The average Bonchev–Trinajstić information content (AvgIpc) is 2.24. The lowest BCUT2D eigenvalue weighted by molar-refractivity contribution is -0.116. The van der Waals surface area contributed by atoms with Crippen molar-refractivity contribution in [2.24, 2.45) is 5.92 Å². The standard InChI is InChI=1S/C11H13BrCl2N2O/c1-5(2)9(12)11(17)16-10-8(14)4-7(13)6(3)15-10/h4-5,9H,1-3H3,(H,15,16,17). The number of aromatic nitrogens is 1. The molecule has 17 heavy (non-hydrogen) atoms. The Morgan fingerprint density at radius 2 is 2.00 bits per heavy atom. The first kappa shape index (κ1) is 14.7. The fourth-order valence-corrected chi connectivity index (χ4v) is 1.65. The van der Waals surface area contributed by atoms with Crippen molar-refractivity contribution >= 4 is 50.9 Å². The molecule has 1 rings (SSSR count). The quantitative estimate of drug-likeness (QED) is 0.844. The molecule has 1 unspecified atom stereocenters. The first-order chi connectivity index (χ1) is 7.82. The summed E-state index contributed by atoms with van der Waals surface area (Å²) in [6.45, 7) is 5.64. The fourth-order valence-electron chi connectivity index (χ4n) is 1.13. The zero-order valence-electron chi connectivity index (χ0n) is 9.72. The van der Waals surface area contributed by atoms with Crippen LogP contribution < -0.4 is 5.32 Å². The molecule has 0 saturated heterocycles. The molecule has 0 bridgehead atoms. The van der Waals surface area contributed by atoms with E-state index >= 15 is 0 Å². The first-order valence-electron chi connectivity index (χ1n) is 5.10.